The first-order chi connectivity index (χ1) is 20.5. The number of nitrogens with zero attached hydrogens (tertiary/aromatic N) is 2. The molecule has 46 heavy (non-hydrogen) atoms. The van der Waals surface area contributed by atoms with Gasteiger partial charge in [-0.1, -0.05) is 51.5 Å². The Morgan fingerprint density at radius 2 is 1.11 bits per heavy atom. The first-order valence-electron chi connectivity index (χ1n) is 17.0. The molecule has 8 unspecified atom stereocenters. The third kappa shape index (κ3) is 6.52. The highest BCUT2D eigenvalue weighted by molar-refractivity contribution is 6.87. The van der Waals surface area contributed by atoms with Crippen molar-refractivity contribution in [2.75, 3.05) is 6.67 Å². The lowest BCUT2D eigenvalue weighted by molar-refractivity contribution is -0.149. The van der Waals surface area contributed by atoms with Crippen LogP contribution in [0.2, 0.25) is 51.9 Å². The standard InChI is InChI=1S/C33H52N2O6Si3.2CH4/c1-9-10-12-20-15-22-17-24(20)28-26(22)30(36)34(32(28)38)19-35-31(37)27-23-16-21(25(18-23)29(27)33(35)39)13-11-14-43(5,6)41-44(7,8)40-42(2,3)4;;/h15-16,22-29H,9-14,17-19H2,1-8H3;2*1H4. The number of fused-ring (bicyclic) bond motifs is 10. The smallest absolute Gasteiger partial charge is 0.311 e. The van der Waals surface area contributed by atoms with Crippen LogP contribution in [-0.4, -0.2) is 65.3 Å². The molecule has 8 nitrogen and oxygen atoms in total. The summed E-state index contributed by atoms with van der Waals surface area (Å²) in [5.74, 6) is -1.65. The number of likely N-dealkylation sites (tertiary alicyclic amines) is 2. The number of imide groups is 2. The van der Waals surface area contributed by atoms with Crippen LogP contribution < -0.4 is 0 Å². The Bertz CT molecular complexity index is 1320. The summed E-state index contributed by atoms with van der Waals surface area (Å²) < 4.78 is 13.1. The first-order valence-corrected chi connectivity index (χ1v) is 26.4. The topological polar surface area (TPSA) is 93.2 Å². The van der Waals surface area contributed by atoms with Gasteiger partial charge in [-0.05, 0) is 114 Å². The van der Waals surface area contributed by atoms with Gasteiger partial charge in [0.05, 0.1) is 23.7 Å². The van der Waals surface area contributed by atoms with E-state index in [0.717, 1.165) is 51.0 Å². The van der Waals surface area contributed by atoms with Crippen LogP contribution >= 0.6 is 0 Å². The van der Waals surface area contributed by atoms with Gasteiger partial charge in [0.2, 0.25) is 23.6 Å². The van der Waals surface area contributed by atoms with Gasteiger partial charge in [0.1, 0.15) is 6.67 Å². The zero-order valence-electron chi connectivity index (χ0n) is 28.0. The van der Waals surface area contributed by atoms with E-state index in [1.165, 1.54) is 20.9 Å². The van der Waals surface area contributed by atoms with Gasteiger partial charge in [-0.3, -0.25) is 29.0 Å². The van der Waals surface area contributed by atoms with E-state index in [9.17, 15) is 19.2 Å². The predicted molar refractivity (Wildman–Crippen MR) is 189 cm³/mol. The second kappa shape index (κ2) is 13.0. The summed E-state index contributed by atoms with van der Waals surface area (Å²) in [7, 11) is -5.79. The fourth-order valence-corrected chi connectivity index (χ4v) is 23.1. The van der Waals surface area contributed by atoms with Gasteiger partial charge in [0, 0.05) is 0 Å². The lowest BCUT2D eigenvalue weighted by Crippen LogP contribution is -2.51. The zero-order chi connectivity index (χ0) is 31.9. The molecule has 4 aliphatic carbocycles. The molecule has 4 amide bonds. The molecule has 6 rings (SSSR count). The molecule has 258 valence electrons. The van der Waals surface area contributed by atoms with Gasteiger partial charge in [0.15, 0.2) is 16.6 Å². The van der Waals surface area contributed by atoms with Crippen LogP contribution in [0.25, 0.3) is 0 Å². The maximum absolute atomic E-state index is 13.8. The summed E-state index contributed by atoms with van der Waals surface area (Å²) in [6.07, 6.45) is 11.4. The molecule has 4 fully saturated rings. The minimum Gasteiger partial charge on any atom is -0.437 e. The average Bonchev–Trinajstić information content (AvgIpc) is 3.72. The molecule has 0 N–H and O–H groups in total. The van der Waals surface area contributed by atoms with Crippen LogP contribution in [0.4, 0.5) is 0 Å². The van der Waals surface area contributed by atoms with Gasteiger partial charge in [-0.2, -0.15) is 0 Å². The number of allylic oxidation sites excluding steroid dienone is 4. The van der Waals surface area contributed by atoms with Crippen LogP contribution in [0.1, 0.15) is 66.7 Å². The maximum Gasteiger partial charge on any atom is 0.311 e. The molecule has 2 saturated carbocycles. The molecular weight excluding hydrogens is 629 g/mol. The summed E-state index contributed by atoms with van der Waals surface area (Å²) in [6.45, 7) is 17.5. The first kappa shape index (κ1) is 37.2. The molecule has 0 aromatic rings. The number of rotatable bonds is 13. The Kier molecular flexibility index (Phi) is 10.5. The summed E-state index contributed by atoms with van der Waals surface area (Å²) in [5, 5.41) is 0. The quantitative estimate of drug-likeness (QED) is 0.114. The fourth-order valence-electron chi connectivity index (χ4n) is 9.90. The number of unbranched alkanes of at least 4 members (excludes halogenated alkanes) is 1. The minimum atomic E-state index is -2.19. The van der Waals surface area contributed by atoms with Crippen molar-refractivity contribution < 1.29 is 27.4 Å². The van der Waals surface area contributed by atoms with E-state index in [1.54, 1.807) is 0 Å². The van der Waals surface area contributed by atoms with E-state index < -0.39 is 25.2 Å². The normalized spacial score (nSPS) is 33.0. The van der Waals surface area contributed by atoms with E-state index in [1.807, 2.05) is 0 Å². The van der Waals surface area contributed by atoms with Crippen LogP contribution in [0.3, 0.4) is 0 Å². The van der Waals surface area contributed by atoms with Crippen LogP contribution in [0, 0.1) is 47.3 Å². The molecule has 0 radical (unpaired) electrons. The molecule has 2 saturated heterocycles. The van der Waals surface area contributed by atoms with Crippen molar-refractivity contribution in [3.63, 3.8) is 0 Å². The maximum atomic E-state index is 13.8. The lowest BCUT2D eigenvalue weighted by Gasteiger charge is -2.37. The third-order valence-corrected chi connectivity index (χ3v) is 21.2. The van der Waals surface area contributed by atoms with Crippen LogP contribution in [0.5, 0.6) is 0 Å². The van der Waals surface area contributed by atoms with Crippen LogP contribution in [0.15, 0.2) is 23.3 Å². The number of carbonyl (C=O) groups excluding carboxylic acids is 4. The highest BCUT2D eigenvalue weighted by atomic mass is 28.5. The van der Waals surface area contributed by atoms with Gasteiger partial charge >= 0.3 is 8.56 Å². The van der Waals surface area contributed by atoms with Gasteiger partial charge in [-0.15, -0.1) is 0 Å². The SMILES string of the molecule is C.C.CCCCC1=CC2CC1C1C(=O)N(CN3C(=O)C4C5C=C(CCC[Si](C)(C)O[Si](C)(C)O[Si](C)(C)C)C(C5)C4C3=O)C(=O)C21. The van der Waals surface area contributed by atoms with Crippen molar-refractivity contribution in [1.29, 1.82) is 0 Å². The van der Waals surface area contributed by atoms with Crippen LogP contribution in [-0.2, 0) is 27.4 Å². The van der Waals surface area contributed by atoms with Crippen molar-refractivity contribution >= 4 is 48.8 Å². The lowest BCUT2D eigenvalue weighted by atomic mass is 9.80. The highest BCUT2D eigenvalue weighted by Gasteiger charge is 2.64. The molecule has 4 bridgehead atoms. The molecule has 2 heterocycles. The predicted octanol–water partition coefficient (Wildman–Crippen LogP) is 7.32. The Balaban J connectivity index is 0.00000240. The summed E-state index contributed by atoms with van der Waals surface area (Å²) >= 11 is 0. The molecule has 0 aromatic heterocycles. The molecular formula is C35H60N2O6Si3. The van der Waals surface area contributed by atoms with Crippen molar-refractivity contribution in [3.8, 4) is 0 Å². The Hall–Kier alpha value is -1.67. The highest BCUT2D eigenvalue weighted by Crippen LogP contribution is 2.58. The van der Waals surface area contributed by atoms with Gasteiger partial charge in [0.25, 0.3) is 0 Å². The molecule has 8 atom stereocenters. The van der Waals surface area contributed by atoms with Gasteiger partial charge in [-0.25, -0.2) is 0 Å². The molecule has 2 aliphatic heterocycles. The van der Waals surface area contributed by atoms with Gasteiger partial charge < -0.3 is 8.23 Å². The Morgan fingerprint density at radius 3 is 1.54 bits per heavy atom. The molecule has 0 spiro atoms. The minimum absolute atomic E-state index is 0. The third-order valence-electron chi connectivity index (χ3n) is 11.0. The van der Waals surface area contributed by atoms with Crippen molar-refractivity contribution in [2.24, 2.45) is 47.3 Å². The largest absolute Gasteiger partial charge is 0.437 e. The van der Waals surface area contributed by atoms with E-state index >= 15 is 0 Å². The number of carbonyl (C=O) groups is 4. The molecule has 11 heteroatoms. The zero-order valence-corrected chi connectivity index (χ0v) is 31.0. The molecule has 0 aromatic carbocycles. The monoisotopic (exact) mass is 688 g/mol. The fraction of sp³-hybridized carbons (Fsp3) is 0.771. The summed E-state index contributed by atoms with van der Waals surface area (Å²) in [5.41, 5.74) is 2.64. The summed E-state index contributed by atoms with van der Waals surface area (Å²) in [6, 6.07) is 1.03. The van der Waals surface area contributed by atoms with E-state index in [0.29, 0.717) is 0 Å². The number of hydrogen-bond acceptors (Lipinski definition) is 6. The Labute approximate surface area is 281 Å². The van der Waals surface area contributed by atoms with Crippen molar-refractivity contribution in [1.82, 2.24) is 9.80 Å². The van der Waals surface area contributed by atoms with E-state index in [4.69, 9.17) is 8.23 Å². The van der Waals surface area contributed by atoms with Crippen molar-refractivity contribution in [2.45, 2.75) is 119 Å². The van der Waals surface area contributed by atoms with E-state index in [2.05, 4.69) is 64.9 Å². The molecule has 6 aliphatic rings. The second-order valence-corrected chi connectivity index (χ2v) is 29.1. The second-order valence-electron chi connectivity index (χ2n) is 16.4. The number of hydrogen-bond donors (Lipinski definition) is 0. The Morgan fingerprint density at radius 1 is 0.674 bits per heavy atom. The summed E-state index contributed by atoms with van der Waals surface area (Å²) in [4.78, 5) is 57.0. The van der Waals surface area contributed by atoms with Crippen molar-refractivity contribution in [3.05, 3.63) is 23.3 Å². The average molecular weight is 689 g/mol. The number of amides is 4. The van der Waals surface area contributed by atoms with E-state index in [-0.39, 0.29) is 92.5 Å².